The van der Waals surface area contributed by atoms with Gasteiger partial charge in [0.05, 0.1) is 11.1 Å². The normalized spacial score (nSPS) is 31.4. The van der Waals surface area contributed by atoms with Gasteiger partial charge in [0.1, 0.15) is 0 Å². The van der Waals surface area contributed by atoms with E-state index in [1.807, 2.05) is 0 Å². The first-order valence-electron chi connectivity index (χ1n) is 5.21. The molecule has 1 aliphatic heterocycles. The number of β-amino-alcohol motifs (C(OH)–C–C–N with tert-alkyl or cyclic N) is 1. The van der Waals surface area contributed by atoms with Crippen LogP contribution in [0.5, 0.6) is 0 Å². The minimum Gasteiger partial charge on any atom is -0.393 e. The van der Waals surface area contributed by atoms with Gasteiger partial charge >= 0.3 is 0 Å². The molecular weight excluding hydrogens is 196 g/mol. The summed E-state index contributed by atoms with van der Waals surface area (Å²) < 4.78 is 0. The van der Waals surface area contributed by atoms with Crippen molar-refractivity contribution in [3.63, 3.8) is 0 Å². The quantitative estimate of drug-likeness (QED) is 0.684. The molecule has 1 aliphatic rings. The summed E-state index contributed by atoms with van der Waals surface area (Å²) in [7, 11) is 0. The first-order valence-corrected chi connectivity index (χ1v) is 5.62. The largest absolute Gasteiger partial charge is 0.393 e. The Morgan fingerprint density at radius 3 is 2.86 bits per heavy atom. The number of nitrogens with zero attached hydrogens (tertiary/aromatic N) is 1. The van der Waals surface area contributed by atoms with Gasteiger partial charge in [0.2, 0.25) is 0 Å². The summed E-state index contributed by atoms with van der Waals surface area (Å²) in [5.41, 5.74) is 5.50. The van der Waals surface area contributed by atoms with Crippen molar-refractivity contribution in [2.24, 2.45) is 11.7 Å². The van der Waals surface area contributed by atoms with E-state index in [2.05, 4.69) is 18.7 Å². The van der Waals surface area contributed by atoms with E-state index < -0.39 is 0 Å². The molecule has 82 valence electrons. The van der Waals surface area contributed by atoms with Crippen molar-refractivity contribution in [2.75, 3.05) is 13.1 Å². The topological polar surface area (TPSA) is 49.5 Å². The van der Waals surface area contributed by atoms with Crippen LogP contribution in [0.2, 0.25) is 0 Å². The van der Waals surface area contributed by atoms with Gasteiger partial charge in [-0.3, -0.25) is 4.90 Å². The van der Waals surface area contributed by atoms with E-state index in [-0.39, 0.29) is 6.10 Å². The fourth-order valence-corrected chi connectivity index (χ4v) is 2.14. The number of nitrogens with two attached hydrogens (primary N) is 1. The molecule has 4 heteroatoms. The van der Waals surface area contributed by atoms with Gasteiger partial charge in [-0.05, 0) is 25.8 Å². The third-order valence-electron chi connectivity index (χ3n) is 3.07. The summed E-state index contributed by atoms with van der Waals surface area (Å²) in [6.45, 7) is 6.01. The molecule has 3 unspecified atom stereocenters. The van der Waals surface area contributed by atoms with Crippen molar-refractivity contribution in [2.45, 2.75) is 38.8 Å². The molecule has 0 aromatic heterocycles. The van der Waals surface area contributed by atoms with E-state index in [1.54, 1.807) is 0 Å². The third kappa shape index (κ3) is 3.19. The summed E-state index contributed by atoms with van der Waals surface area (Å²) in [6.07, 6.45) is 1.61. The molecular formula is C10H20N2OS. The SMILES string of the molecule is CC1CCN(C(C)CC(N)=S)CC1O. The lowest BCUT2D eigenvalue weighted by atomic mass is 9.95. The number of thiocarbonyl (C=S) groups is 1. The second-order valence-corrected chi connectivity index (χ2v) is 4.87. The Bertz CT molecular complexity index is 210. The predicted molar refractivity (Wildman–Crippen MR) is 62.2 cm³/mol. The fourth-order valence-electron chi connectivity index (χ4n) is 1.89. The molecule has 0 aromatic rings. The van der Waals surface area contributed by atoms with Gasteiger partial charge < -0.3 is 10.8 Å². The molecule has 0 aromatic carbocycles. The molecule has 14 heavy (non-hydrogen) atoms. The molecule has 3 N–H and O–H groups in total. The number of hydrogen-bond acceptors (Lipinski definition) is 3. The monoisotopic (exact) mass is 216 g/mol. The maximum Gasteiger partial charge on any atom is 0.0742 e. The van der Waals surface area contributed by atoms with Gasteiger partial charge in [0.25, 0.3) is 0 Å². The molecule has 0 bridgehead atoms. The molecule has 3 nitrogen and oxygen atoms in total. The summed E-state index contributed by atoms with van der Waals surface area (Å²) in [4.78, 5) is 2.83. The van der Waals surface area contributed by atoms with Crippen LogP contribution in [0.1, 0.15) is 26.7 Å². The molecule has 1 fully saturated rings. The Labute approximate surface area is 91.3 Å². The van der Waals surface area contributed by atoms with Crippen molar-refractivity contribution in [1.82, 2.24) is 4.90 Å². The Hall–Kier alpha value is -0.190. The highest BCUT2D eigenvalue weighted by Gasteiger charge is 2.26. The van der Waals surface area contributed by atoms with Crippen molar-refractivity contribution >= 4 is 17.2 Å². The number of likely N-dealkylation sites (tertiary alicyclic amines) is 1. The van der Waals surface area contributed by atoms with Crippen molar-refractivity contribution < 1.29 is 5.11 Å². The lowest BCUT2D eigenvalue weighted by Crippen LogP contribution is -2.47. The molecule has 1 heterocycles. The van der Waals surface area contributed by atoms with E-state index in [4.69, 9.17) is 18.0 Å². The average molecular weight is 216 g/mol. The fraction of sp³-hybridized carbons (Fsp3) is 0.900. The minimum absolute atomic E-state index is 0.197. The predicted octanol–water partition coefficient (Wildman–Crippen LogP) is 0.754. The van der Waals surface area contributed by atoms with Crippen molar-refractivity contribution in [1.29, 1.82) is 0 Å². The van der Waals surface area contributed by atoms with E-state index in [0.29, 0.717) is 16.9 Å². The van der Waals surface area contributed by atoms with Gasteiger partial charge in [0, 0.05) is 19.0 Å². The van der Waals surface area contributed by atoms with Crippen LogP contribution < -0.4 is 5.73 Å². The summed E-state index contributed by atoms with van der Waals surface area (Å²) >= 11 is 4.88. The Morgan fingerprint density at radius 1 is 1.71 bits per heavy atom. The van der Waals surface area contributed by atoms with Crippen LogP contribution in [0.25, 0.3) is 0 Å². The molecule has 0 spiro atoms. The van der Waals surface area contributed by atoms with Crippen LogP contribution in [-0.2, 0) is 0 Å². The molecule has 0 radical (unpaired) electrons. The number of rotatable bonds is 3. The molecule has 1 rings (SSSR count). The lowest BCUT2D eigenvalue weighted by Gasteiger charge is -2.37. The van der Waals surface area contributed by atoms with Crippen molar-refractivity contribution in [3.05, 3.63) is 0 Å². The molecule has 3 atom stereocenters. The molecule has 1 saturated heterocycles. The first-order chi connectivity index (χ1) is 6.50. The zero-order valence-electron chi connectivity index (χ0n) is 8.94. The van der Waals surface area contributed by atoms with Crippen LogP contribution in [0.15, 0.2) is 0 Å². The number of hydrogen-bond donors (Lipinski definition) is 2. The number of piperidine rings is 1. The Morgan fingerprint density at radius 2 is 2.36 bits per heavy atom. The zero-order valence-corrected chi connectivity index (χ0v) is 9.76. The number of aliphatic hydroxyl groups is 1. The van der Waals surface area contributed by atoms with Crippen molar-refractivity contribution in [3.8, 4) is 0 Å². The highest BCUT2D eigenvalue weighted by atomic mass is 32.1. The van der Waals surface area contributed by atoms with E-state index in [9.17, 15) is 5.11 Å². The highest BCUT2D eigenvalue weighted by molar-refractivity contribution is 7.80. The van der Waals surface area contributed by atoms with Gasteiger partial charge in [-0.2, -0.15) is 0 Å². The minimum atomic E-state index is -0.197. The standard InChI is InChI=1S/C10H20N2OS/c1-7-3-4-12(6-9(7)13)8(2)5-10(11)14/h7-9,13H,3-6H2,1-2H3,(H2,11,14). The summed E-state index contributed by atoms with van der Waals surface area (Å²) in [5.74, 6) is 0.420. The van der Waals surface area contributed by atoms with Crippen LogP contribution in [-0.4, -0.2) is 40.2 Å². The molecule has 0 saturated carbocycles. The summed E-state index contributed by atoms with van der Waals surface area (Å²) in [6, 6.07) is 0.356. The van der Waals surface area contributed by atoms with Gasteiger partial charge in [0.15, 0.2) is 0 Å². The van der Waals surface area contributed by atoms with E-state index >= 15 is 0 Å². The molecule has 0 amide bonds. The highest BCUT2D eigenvalue weighted by Crippen LogP contribution is 2.19. The van der Waals surface area contributed by atoms with Gasteiger partial charge in [-0.1, -0.05) is 19.1 Å². The van der Waals surface area contributed by atoms with E-state index in [0.717, 1.165) is 25.9 Å². The maximum absolute atomic E-state index is 9.73. The second-order valence-electron chi connectivity index (χ2n) is 4.35. The average Bonchev–Trinajstić information content (AvgIpc) is 2.08. The van der Waals surface area contributed by atoms with Gasteiger partial charge in [-0.25, -0.2) is 0 Å². The zero-order chi connectivity index (χ0) is 10.7. The lowest BCUT2D eigenvalue weighted by molar-refractivity contribution is 0.0146. The van der Waals surface area contributed by atoms with E-state index in [1.165, 1.54) is 0 Å². The Balaban J connectivity index is 2.41. The van der Waals surface area contributed by atoms with Crippen LogP contribution in [0.3, 0.4) is 0 Å². The third-order valence-corrected chi connectivity index (χ3v) is 3.24. The van der Waals surface area contributed by atoms with Crippen LogP contribution >= 0.6 is 12.2 Å². The van der Waals surface area contributed by atoms with Crippen LogP contribution in [0, 0.1) is 5.92 Å². The molecule has 0 aliphatic carbocycles. The smallest absolute Gasteiger partial charge is 0.0742 e. The van der Waals surface area contributed by atoms with Gasteiger partial charge in [-0.15, -0.1) is 0 Å². The van der Waals surface area contributed by atoms with Crippen LogP contribution in [0.4, 0.5) is 0 Å². The number of aliphatic hydroxyl groups excluding tert-OH is 1. The second kappa shape index (κ2) is 5.05. The maximum atomic E-state index is 9.73. The Kier molecular flexibility index (Phi) is 4.29. The summed E-state index contributed by atoms with van der Waals surface area (Å²) in [5, 5.41) is 9.73. The first kappa shape index (κ1) is 11.9.